The predicted molar refractivity (Wildman–Crippen MR) is 60.2 cm³/mol. The van der Waals surface area contributed by atoms with Gasteiger partial charge < -0.3 is 10.4 Å². The van der Waals surface area contributed by atoms with Crippen molar-refractivity contribution in [3.05, 3.63) is 53.9 Å². The van der Waals surface area contributed by atoms with Crippen LogP contribution in [0.1, 0.15) is 10.4 Å². The fraction of sp³-hybridized carbons (Fsp3) is 0. The number of benzene rings is 1. The number of anilines is 1. The zero-order chi connectivity index (χ0) is 13.1. The number of carbonyl (C=O) groups excluding carboxylic acids is 1. The highest BCUT2D eigenvalue weighted by molar-refractivity contribution is 6.06. The number of phenols is 1. The Balaban J connectivity index is 2.21. The third kappa shape index (κ3) is 2.60. The Hall–Kier alpha value is -2.50. The zero-order valence-electron chi connectivity index (χ0n) is 9.02. The van der Waals surface area contributed by atoms with Crippen molar-refractivity contribution in [3.8, 4) is 5.75 Å². The van der Waals surface area contributed by atoms with E-state index in [1.54, 1.807) is 0 Å². The van der Waals surface area contributed by atoms with Crippen LogP contribution in [0.5, 0.6) is 5.75 Å². The van der Waals surface area contributed by atoms with Crippen molar-refractivity contribution in [2.24, 2.45) is 0 Å². The molecule has 4 nitrogen and oxygen atoms in total. The summed E-state index contributed by atoms with van der Waals surface area (Å²) in [5.74, 6) is -2.37. The molecule has 0 fully saturated rings. The molecule has 18 heavy (non-hydrogen) atoms. The van der Waals surface area contributed by atoms with Gasteiger partial charge in [-0.05, 0) is 30.3 Å². The van der Waals surface area contributed by atoms with Crippen LogP contribution in [0.15, 0.2) is 36.5 Å². The van der Waals surface area contributed by atoms with Gasteiger partial charge >= 0.3 is 0 Å². The minimum atomic E-state index is -0.708. The van der Waals surface area contributed by atoms with Crippen LogP contribution in [0.2, 0.25) is 0 Å². The lowest BCUT2D eigenvalue weighted by Crippen LogP contribution is -2.12. The number of aromatic nitrogens is 1. The SMILES string of the molecule is O=C(Nc1ccc(F)nc1)c1cc(F)ccc1O. The molecular weight excluding hydrogens is 242 g/mol. The molecule has 0 saturated heterocycles. The number of hydrogen-bond donors (Lipinski definition) is 2. The van der Waals surface area contributed by atoms with Crippen LogP contribution < -0.4 is 5.32 Å². The van der Waals surface area contributed by atoms with Gasteiger partial charge in [-0.15, -0.1) is 0 Å². The smallest absolute Gasteiger partial charge is 0.259 e. The van der Waals surface area contributed by atoms with Crippen molar-refractivity contribution in [1.29, 1.82) is 0 Å². The van der Waals surface area contributed by atoms with Crippen molar-refractivity contribution in [2.45, 2.75) is 0 Å². The Kier molecular flexibility index (Phi) is 3.18. The van der Waals surface area contributed by atoms with Crippen molar-refractivity contribution in [2.75, 3.05) is 5.32 Å². The lowest BCUT2D eigenvalue weighted by Gasteiger charge is -2.06. The van der Waals surface area contributed by atoms with Crippen LogP contribution in [-0.2, 0) is 0 Å². The Morgan fingerprint density at radius 1 is 1.22 bits per heavy atom. The van der Waals surface area contributed by atoms with Crippen LogP contribution in [0.3, 0.4) is 0 Å². The number of amides is 1. The minimum Gasteiger partial charge on any atom is -0.507 e. The number of halogens is 2. The molecule has 0 aliphatic carbocycles. The lowest BCUT2D eigenvalue weighted by molar-refractivity contribution is 0.102. The fourth-order valence-electron chi connectivity index (χ4n) is 1.34. The highest BCUT2D eigenvalue weighted by atomic mass is 19.1. The van der Waals surface area contributed by atoms with E-state index >= 15 is 0 Å². The summed E-state index contributed by atoms with van der Waals surface area (Å²) in [4.78, 5) is 15.1. The van der Waals surface area contributed by atoms with Crippen molar-refractivity contribution in [1.82, 2.24) is 4.98 Å². The van der Waals surface area contributed by atoms with E-state index in [-0.39, 0.29) is 17.0 Å². The molecule has 0 saturated carbocycles. The number of aromatic hydroxyl groups is 1. The van der Waals surface area contributed by atoms with E-state index in [2.05, 4.69) is 10.3 Å². The average molecular weight is 250 g/mol. The van der Waals surface area contributed by atoms with Gasteiger partial charge in [-0.3, -0.25) is 4.79 Å². The predicted octanol–water partition coefficient (Wildman–Crippen LogP) is 2.32. The van der Waals surface area contributed by atoms with E-state index in [4.69, 9.17) is 0 Å². The van der Waals surface area contributed by atoms with Crippen LogP contribution >= 0.6 is 0 Å². The van der Waals surface area contributed by atoms with Gasteiger partial charge in [0.15, 0.2) is 0 Å². The third-order valence-corrected chi connectivity index (χ3v) is 2.19. The van der Waals surface area contributed by atoms with Crippen LogP contribution in [0.4, 0.5) is 14.5 Å². The van der Waals surface area contributed by atoms with Gasteiger partial charge in [0.05, 0.1) is 17.4 Å². The number of phenolic OH excluding ortho intramolecular Hbond substituents is 1. The second-order valence-corrected chi connectivity index (χ2v) is 3.49. The van der Waals surface area contributed by atoms with Gasteiger partial charge in [0.25, 0.3) is 5.91 Å². The molecule has 0 aliphatic rings. The van der Waals surface area contributed by atoms with Gasteiger partial charge in [0, 0.05) is 0 Å². The first kappa shape index (κ1) is 12.0. The van der Waals surface area contributed by atoms with Gasteiger partial charge in [-0.2, -0.15) is 4.39 Å². The number of pyridine rings is 1. The normalized spacial score (nSPS) is 10.1. The molecule has 0 aliphatic heterocycles. The van der Waals surface area contributed by atoms with Gasteiger partial charge in [0.2, 0.25) is 5.95 Å². The van der Waals surface area contributed by atoms with Crippen molar-refractivity contribution in [3.63, 3.8) is 0 Å². The number of rotatable bonds is 2. The largest absolute Gasteiger partial charge is 0.507 e. The molecule has 1 heterocycles. The summed E-state index contributed by atoms with van der Waals surface area (Å²) in [5.41, 5.74) is 0.0318. The third-order valence-electron chi connectivity index (χ3n) is 2.19. The monoisotopic (exact) mass is 250 g/mol. The first-order chi connectivity index (χ1) is 8.56. The van der Waals surface area contributed by atoms with E-state index in [0.29, 0.717) is 0 Å². The summed E-state index contributed by atoms with van der Waals surface area (Å²) in [6, 6.07) is 5.39. The molecule has 0 radical (unpaired) electrons. The summed E-state index contributed by atoms with van der Waals surface area (Å²) < 4.78 is 25.5. The molecule has 2 N–H and O–H groups in total. The van der Waals surface area contributed by atoms with Crippen LogP contribution in [-0.4, -0.2) is 16.0 Å². The maximum absolute atomic E-state index is 12.9. The Labute approximate surface area is 101 Å². The quantitative estimate of drug-likeness (QED) is 0.804. The summed E-state index contributed by atoms with van der Waals surface area (Å²) in [7, 11) is 0. The molecule has 1 amide bonds. The Morgan fingerprint density at radius 2 is 2.00 bits per heavy atom. The molecule has 0 unspecified atom stereocenters. The highest BCUT2D eigenvalue weighted by Gasteiger charge is 2.12. The summed E-state index contributed by atoms with van der Waals surface area (Å²) in [5, 5.41) is 11.8. The van der Waals surface area contributed by atoms with Crippen LogP contribution in [0, 0.1) is 11.8 Å². The molecule has 6 heteroatoms. The van der Waals surface area contributed by atoms with E-state index in [1.807, 2.05) is 0 Å². The van der Waals surface area contributed by atoms with Crippen molar-refractivity contribution >= 4 is 11.6 Å². The summed E-state index contributed by atoms with van der Waals surface area (Å²) in [6.45, 7) is 0. The second kappa shape index (κ2) is 4.79. The molecule has 0 bridgehead atoms. The van der Waals surface area contributed by atoms with E-state index < -0.39 is 17.7 Å². The van der Waals surface area contributed by atoms with Gasteiger partial charge in [-0.25, -0.2) is 9.37 Å². The highest BCUT2D eigenvalue weighted by Crippen LogP contribution is 2.19. The summed E-state index contributed by atoms with van der Waals surface area (Å²) >= 11 is 0. The molecule has 1 aromatic carbocycles. The summed E-state index contributed by atoms with van der Waals surface area (Å²) in [6.07, 6.45) is 1.11. The second-order valence-electron chi connectivity index (χ2n) is 3.49. The molecule has 1 aromatic heterocycles. The maximum Gasteiger partial charge on any atom is 0.259 e. The number of nitrogens with zero attached hydrogens (tertiary/aromatic N) is 1. The molecule has 2 aromatic rings. The molecule has 0 atom stereocenters. The van der Waals surface area contributed by atoms with E-state index in [1.165, 1.54) is 6.07 Å². The topological polar surface area (TPSA) is 62.2 Å². The minimum absolute atomic E-state index is 0.209. The average Bonchev–Trinajstić information content (AvgIpc) is 2.35. The molecular formula is C12H8F2N2O2. The molecule has 2 rings (SSSR count). The molecule has 0 spiro atoms. The van der Waals surface area contributed by atoms with E-state index in [9.17, 15) is 18.7 Å². The number of nitrogens with one attached hydrogen (secondary N) is 1. The van der Waals surface area contributed by atoms with Crippen molar-refractivity contribution < 1.29 is 18.7 Å². The van der Waals surface area contributed by atoms with Crippen LogP contribution in [0.25, 0.3) is 0 Å². The van der Waals surface area contributed by atoms with E-state index in [0.717, 1.165) is 30.5 Å². The zero-order valence-corrected chi connectivity index (χ0v) is 9.02. The van der Waals surface area contributed by atoms with Gasteiger partial charge in [0.1, 0.15) is 11.6 Å². The number of carbonyl (C=O) groups is 1. The Morgan fingerprint density at radius 3 is 2.67 bits per heavy atom. The standard InChI is InChI=1S/C12H8F2N2O2/c13-7-1-3-10(17)9(5-7)12(18)16-8-2-4-11(14)15-6-8/h1-6,17H,(H,16,18). The number of hydrogen-bond acceptors (Lipinski definition) is 3. The van der Waals surface area contributed by atoms with Gasteiger partial charge in [-0.1, -0.05) is 0 Å². The molecule has 92 valence electrons. The first-order valence-electron chi connectivity index (χ1n) is 4.97. The Bertz CT molecular complexity index is 585. The maximum atomic E-state index is 12.9. The fourth-order valence-corrected chi connectivity index (χ4v) is 1.34. The lowest BCUT2D eigenvalue weighted by atomic mass is 10.2. The first-order valence-corrected chi connectivity index (χ1v) is 4.97.